The number of benzene rings is 1. The first-order valence-corrected chi connectivity index (χ1v) is 4.15. The first-order chi connectivity index (χ1) is 6.86. The van der Waals surface area contributed by atoms with E-state index < -0.39 is 0 Å². The summed E-state index contributed by atoms with van der Waals surface area (Å²) in [4.78, 5) is 12.8. The number of tetrazole rings is 1. The molecule has 0 saturated carbocycles. The first-order valence-electron chi connectivity index (χ1n) is 4.15. The Hall–Kier alpha value is -2.04. The molecule has 14 heavy (non-hydrogen) atoms. The maximum absolute atomic E-state index is 11.6. The van der Waals surface area contributed by atoms with Gasteiger partial charge in [-0.1, -0.05) is 30.3 Å². The Kier molecular flexibility index (Phi) is 2.31. The van der Waals surface area contributed by atoms with Crippen LogP contribution in [0.3, 0.4) is 0 Å². The van der Waals surface area contributed by atoms with Gasteiger partial charge in [0.05, 0.1) is 0 Å². The van der Waals surface area contributed by atoms with Gasteiger partial charge in [0.15, 0.2) is 12.1 Å². The van der Waals surface area contributed by atoms with Gasteiger partial charge < -0.3 is 0 Å². The van der Waals surface area contributed by atoms with Crippen molar-refractivity contribution in [2.75, 3.05) is 0 Å². The van der Waals surface area contributed by atoms with E-state index in [0.29, 0.717) is 5.56 Å². The molecule has 0 aliphatic heterocycles. The number of ketones is 1. The fraction of sp³-hybridized carbons (Fsp3) is 0.111. The fourth-order valence-electron chi connectivity index (χ4n) is 1.10. The summed E-state index contributed by atoms with van der Waals surface area (Å²) in [6.45, 7) is 0.129. The average molecular weight is 188 g/mol. The zero-order valence-electron chi connectivity index (χ0n) is 7.37. The van der Waals surface area contributed by atoms with Crippen LogP contribution in [0.2, 0.25) is 0 Å². The molecule has 2 rings (SSSR count). The number of carbonyl (C=O) groups is 1. The molecule has 1 heterocycles. The highest BCUT2D eigenvalue weighted by Gasteiger charge is 2.06. The number of hydrogen-bond donors (Lipinski definition) is 0. The third-order valence-electron chi connectivity index (χ3n) is 1.77. The van der Waals surface area contributed by atoms with Crippen LogP contribution < -0.4 is 0 Å². The molecule has 5 heteroatoms. The summed E-state index contributed by atoms with van der Waals surface area (Å²) in [6.07, 6.45) is 1.30. The van der Waals surface area contributed by atoms with E-state index in [9.17, 15) is 4.79 Å². The predicted molar refractivity (Wildman–Crippen MR) is 48.6 cm³/mol. The van der Waals surface area contributed by atoms with Crippen LogP contribution in [0.1, 0.15) is 10.4 Å². The van der Waals surface area contributed by atoms with Crippen molar-refractivity contribution in [3.8, 4) is 0 Å². The number of carbonyl (C=O) groups excluding carboxylic acids is 1. The van der Waals surface area contributed by atoms with E-state index in [2.05, 4.69) is 15.4 Å². The molecular formula is C9H8N4O. The molecule has 5 nitrogen and oxygen atoms in total. The van der Waals surface area contributed by atoms with Gasteiger partial charge in [0, 0.05) is 5.56 Å². The van der Waals surface area contributed by atoms with Crippen molar-refractivity contribution < 1.29 is 4.79 Å². The van der Waals surface area contributed by atoms with Crippen LogP contribution in [0.5, 0.6) is 0 Å². The van der Waals surface area contributed by atoms with Crippen molar-refractivity contribution in [3.05, 3.63) is 42.2 Å². The molecule has 0 radical (unpaired) electrons. The second-order valence-corrected chi connectivity index (χ2v) is 2.76. The molecule has 0 fully saturated rings. The van der Waals surface area contributed by atoms with Crippen LogP contribution in [-0.4, -0.2) is 26.0 Å². The van der Waals surface area contributed by atoms with Gasteiger partial charge in [-0.3, -0.25) is 4.79 Å². The van der Waals surface area contributed by atoms with E-state index in [0.717, 1.165) is 0 Å². The van der Waals surface area contributed by atoms with Crippen LogP contribution in [0.25, 0.3) is 0 Å². The Morgan fingerprint density at radius 1 is 1.29 bits per heavy atom. The van der Waals surface area contributed by atoms with E-state index in [1.54, 1.807) is 12.1 Å². The molecule has 0 saturated heterocycles. The Bertz CT molecular complexity index is 410. The van der Waals surface area contributed by atoms with Crippen LogP contribution in [0, 0.1) is 0 Å². The fourth-order valence-corrected chi connectivity index (χ4v) is 1.10. The minimum absolute atomic E-state index is 0.0244. The average Bonchev–Trinajstić information content (AvgIpc) is 2.72. The van der Waals surface area contributed by atoms with Gasteiger partial charge in [-0.15, -0.1) is 10.2 Å². The largest absolute Gasteiger partial charge is 0.292 e. The predicted octanol–water partition coefficient (Wildman–Crippen LogP) is 0.556. The minimum atomic E-state index is -0.0244. The summed E-state index contributed by atoms with van der Waals surface area (Å²) >= 11 is 0. The summed E-state index contributed by atoms with van der Waals surface area (Å²) in [5.41, 5.74) is 0.657. The zero-order chi connectivity index (χ0) is 9.80. The molecule has 2 aromatic rings. The molecule has 0 atom stereocenters. The van der Waals surface area contributed by atoms with Gasteiger partial charge >= 0.3 is 0 Å². The standard InChI is InChI=1S/C9H8N4O/c14-9(6-13-11-7-10-12-13)8-4-2-1-3-5-8/h1-5,7H,6H2. The van der Waals surface area contributed by atoms with Gasteiger partial charge in [0.1, 0.15) is 6.54 Å². The Morgan fingerprint density at radius 3 is 2.71 bits per heavy atom. The third-order valence-corrected chi connectivity index (χ3v) is 1.77. The van der Waals surface area contributed by atoms with Gasteiger partial charge in [-0.25, -0.2) is 0 Å². The lowest BCUT2D eigenvalue weighted by molar-refractivity contribution is 0.0961. The second kappa shape index (κ2) is 3.78. The lowest BCUT2D eigenvalue weighted by Gasteiger charge is -1.98. The lowest BCUT2D eigenvalue weighted by atomic mass is 10.1. The van der Waals surface area contributed by atoms with Crippen molar-refractivity contribution in [2.45, 2.75) is 6.54 Å². The van der Waals surface area contributed by atoms with Crippen molar-refractivity contribution in [2.24, 2.45) is 0 Å². The van der Waals surface area contributed by atoms with Crippen LogP contribution in [0.4, 0.5) is 0 Å². The smallest absolute Gasteiger partial charge is 0.186 e. The van der Waals surface area contributed by atoms with Crippen molar-refractivity contribution in [1.82, 2.24) is 20.2 Å². The zero-order valence-corrected chi connectivity index (χ0v) is 7.37. The molecule has 70 valence electrons. The number of rotatable bonds is 3. The van der Waals surface area contributed by atoms with Crippen molar-refractivity contribution in [1.29, 1.82) is 0 Å². The van der Waals surface area contributed by atoms with E-state index in [-0.39, 0.29) is 12.3 Å². The highest BCUT2D eigenvalue weighted by atomic mass is 16.1. The van der Waals surface area contributed by atoms with Gasteiger partial charge in [-0.2, -0.15) is 4.80 Å². The molecule has 0 unspecified atom stereocenters. The highest BCUT2D eigenvalue weighted by molar-refractivity contribution is 5.95. The quantitative estimate of drug-likeness (QED) is 0.660. The monoisotopic (exact) mass is 188 g/mol. The number of hydrogen-bond acceptors (Lipinski definition) is 4. The summed E-state index contributed by atoms with van der Waals surface area (Å²) in [5.74, 6) is -0.0244. The normalized spacial score (nSPS) is 10.0. The summed E-state index contributed by atoms with van der Waals surface area (Å²) in [7, 11) is 0. The number of Topliss-reactive ketones (excluding diaryl/α,β-unsaturated/α-hetero) is 1. The topological polar surface area (TPSA) is 60.7 Å². The first kappa shape index (κ1) is 8.55. The summed E-state index contributed by atoms with van der Waals surface area (Å²) in [5, 5.41) is 10.9. The van der Waals surface area contributed by atoms with Gasteiger partial charge in [-0.05, 0) is 5.21 Å². The highest BCUT2D eigenvalue weighted by Crippen LogP contribution is 2.00. The molecule has 0 aliphatic carbocycles. The molecular weight excluding hydrogens is 180 g/mol. The molecule has 0 amide bonds. The summed E-state index contributed by atoms with van der Waals surface area (Å²) in [6, 6.07) is 9.03. The molecule has 0 N–H and O–H groups in total. The van der Waals surface area contributed by atoms with E-state index in [1.807, 2.05) is 18.2 Å². The van der Waals surface area contributed by atoms with Crippen LogP contribution in [-0.2, 0) is 6.54 Å². The Labute approximate surface area is 80.4 Å². The van der Waals surface area contributed by atoms with Crippen LogP contribution in [0.15, 0.2) is 36.7 Å². The van der Waals surface area contributed by atoms with Crippen molar-refractivity contribution in [3.63, 3.8) is 0 Å². The molecule has 0 bridgehead atoms. The molecule has 0 aliphatic rings. The molecule has 1 aromatic carbocycles. The summed E-state index contributed by atoms with van der Waals surface area (Å²) < 4.78 is 0. The van der Waals surface area contributed by atoms with Gasteiger partial charge in [0.25, 0.3) is 0 Å². The molecule has 1 aromatic heterocycles. The maximum Gasteiger partial charge on any atom is 0.186 e. The number of nitrogens with zero attached hydrogens (tertiary/aromatic N) is 4. The van der Waals surface area contributed by atoms with Crippen molar-refractivity contribution >= 4 is 5.78 Å². The minimum Gasteiger partial charge on any atom is -0.292 e. The van der Waals surface area contributed by atoms with E-state index >= 15 is 0 Å². The van der Waals surface area contributed by atoms with Crippen LogP contribution >= 0.6 is 0 Å². The Balaban J connectivity index is 2.11. The van der Waals surface area contributed by atoms with E-state index in [1.165, 1.54) is 11.1 Å². The lowest BCUT2D eigenvalue weighted by Crippen LogP contribution is -2.12. The maximum atomic E-state index is 11.6. The SMILES string of the molecule is O=C(Cn1ncnn1)c1ccccc1. The Morgan fingerprint density at radius 2 is 2.07 bits per heavy atom. The molecule has 0 spiro atoms. The van der Waals surface area contributed by atoms with Gasteiger partial charge in [0.2, 0.25) is 0 Å². The number of aromatic nitrogens is 4. The third kappa shape index (κ3) is 1.82. The second-order valence-electron chi connectivity index (χ2n) is 2.76. The van der Waals surface area contributed by atoms with E-state index in [4.69, 9.17) is 0 Å².